The minimum atomic E-state index is -1.30. The van der Waals surface area contributed by atoms with Crippen LogP contribution < -0.4 is 10.6 Å². The SMILES string of the molecule is CC(C)C[C@H](NC(=O)Cc1ccccc1)C(=O)N[C@@H](CC1CCCCC1)[C@@H](O)C(=O)Cc1ccccc1. The fraction of sp³-hybridized carbons (Fsp3) is 0.516. The van der Waals surface area contributed by atoms with E-state index in [0.29, 0.717) is 18.8 Å². The Kier molecular flexibility index (Phi) is 11.3. The highest BCUT2D eigenvalue weighted by Crippen LogP contribution is 2.28. The molecule has 2 amide bonds. The Balaban J connectivity index is 1.70. The van der Waals surface area contributed by atoms with Crippen LogP contribution in [0.3, 0.4) is 0 Å². The smallest absolute Gasteiger partial charge is 0.242 e. The molecule has 3 atom stereocenters. The van der Waals surface area contributed by atoms with Gasteiger partial charge in [-0.25, -0.2) is 0 Å². The molecule has 1 aliphatic carbocycles. The number of nitrogens with one attached hydrogen (secondary N) is 2. The van der Waals surface area contributed by atoms with E-state index in [0.717, 1.165) is 36.8 Å². The normalized spacial score (nSPS) is 16.5. The highest BCUT2D eigenvalue weighted by atomic mass is 16.3. The van der Waals surface area contributed by atoms with Gasteiger partial charge in [0.1, 0.15) is 12.1 Å². The maximum atomic E-state index is 13.5. The molecular weight excluding hydrogens is 464 g/mol. The molecule has 0 spiro atoms. The number of carbonyl (C=O) groups is 3. The second-order valence-electron chi connectivity index (χ2n) is 10.8. The van der Waals surface area contributed by atoms with Crippen LogP contribution in [-0.4, -0.2) is 40.9 Å². The van der Waals surface area contributed by atoms with Gasteiger partial charge in [0.2, 0.25) is 11.8 Å². The van der Waals surface area contributed by atoms with E-state index in [1.54, 1.807) is 0 Å². The molecule has 1 saturated carbocycles. The first-order valence-electron chi connectivity index (χ1n) is 13.7. The van der Waals surface area contributed by atoms with E-state index < -0.39 is 18.2 Å². The molecule has 2 aromatic rings. The number of aliphatic hydroxyl groups excluding tert-OH is 1. The Bertz CT molecular complexity index is 987. The molecule has 200 valence electrons. The molecule has 3 N–H and O–H groups in total. The van der Waals surface area contributed by atoms with Crippen LogP contribution in [0.25, 0.3) is 0 Å². The van der Waals surface area contributed by atoms with E-state index in [9.17, 15) is 19.5 Å². The van der Waals surface area contributed by atoms with Gasteiger partial charge in [-0.15, -0.1) is 0 Å². The van der Waals surface area contributed by atoms with Crippen molar-refractivity contribution in [3.63, 3.8) is 0 Å². The van der Waals surface area contributed by atoms with Crippen molar-refractivity contribution in [1.29, 1.82) is 0 Å². The quantitative estimate of drug-likeness (QED) is 0.376. The van der Waals surface area contributed by atoms with Crippen molar-refractivity contribution >= 4 is 17.6 Å². The first kappa shape index (κ1) is 28.6. The minimum Gasteiger partial charge on any atom is -0.383 e. The minimum absolute atomic E-state index is 0.113. The molecule has 0 aromatic heterocycles. The van der Waals surface area contributed by atoms with E-state index in [-0.39, 0.29) is 36.4 Å². The molecule has 0 radical (unpaired) electrons. The molecule has 6 heteroatoms. The number of ketones is 1. The largest absolute Gasteiger partial charge is 0.383 e. The third-order valence-corrected chi connectivity index (χ3v) is 7.14. The molecule has 1 fully saturated rings. The third kappa shape index (κ3) is 9.77. The van der Waals surface area contributed by atoms with Gasteiger partial charge in [-0.3, -0.25) is 14.4 Å². The Morgan fingerprint density at radius 3 is 1.97 bits per heavy atom. The number of carbonyl (C=O) groups excluding carboxylic acids is 3. The lowest BCUT2D eigenvalue weighted by Crippen LogP contribution is -2.55. The van der Waals surface area contributed by atoms with Gasteiger partial charge < -0.3 is 15.7 Å². The van der Waals surface area contributed by atoms with Gasteiger partial charge in [-0.05, 0) is 35.8 Å². The summed E-state index contributed by atoms with van der Waals surface area (Å²) in [5.74, 6) is -0.344. The van der Waals surface area contributed by atoms with Crippen LogP contribution >= 0.6 is 0 Å². The van der Waals surface area contributed by atoms with Gasteiger partial charge in [0, 0.05) is 6.42 Å². The molecule has 2 aromatic carbocycles. The maximum Gasteiger partial charge on any atom is 0.242 e. The molecule has 0 heterocycles. The third-order valence-electron chi connectivity index (χ3n) is 7.14. The summed E-state index contributed by atoms with van der Waals surface area (Å²) >= 11 is 0. The molecule has 1 aliphatic rings. The summed E-state index contributed by atoms with van der Waals surface area (Å²) < 4.78 is 0. The van der Waals surface area contributed by atoms with E-state index in [4.69, 9.17) is 0 Å². The second-order valence-corrected chi connectivity index (χ2v) is 10.8. The second kappa shape index (κ2) is 14.7. The number of rotatable bonds is 13. The van der Waals surface area contributed by atoms with Gasteiger partial charge in [-0.1, -0.05) is 107 Å². The predicted molar refractivity (Wildman–Crippen MR) is 146 cm³/mol. The molecule has 0 aliphatic heterocycles. The van der Waals surface area contributed by atoms with Crippen LogP contribution in [0.5, 0.6) is 0 Å². The molecule has 37 heavy (non-hydrogen) atoms. The monoisotopic (exact) mass is 506 g/mol. The van der Waals surface area contributed by atoms with Crippen molar-refractivity contribution in [3.05, 3.63) is 71.8 Å². The number of hydrogen-bond acceptors (Lipinski definition) is 4. The Labute approximate surface area is 221 Å². The van der Waals surface area contributed by atoms with Crippen LogP contribution in [0.4, 0.5) is 0 Å². The first-order chi connectivity index (χ1) is 17.8. The average molecular weight is 507 g/mol. The first-order valence-corrected chi connectivity index (χ1v) is 13.7. The summed E-state index contributed by atoms with van der Waals surface area (Å²) in [5, 5.41) is 17.0. The lowest BCUT2D eigenvalue weighted by Gasteiger charge is -2.31. The molecule has 0 unspecified atom stereocenters. The summed E-state index contributed by atoms with van der Waals surface area (Å²) in [6.07, 6.45) is 5.56. The zero-order valence-corrected chi connectivity index (χ0v) is 22.2. The molecule has 0 saturated heterocycles. The number of benzene rings is 2. The fourth-order valence-corrected chi connectivity index (χ4v) is 5.19. The number of hydrogen-bond donors (Lipinski definition) is 3. The number of amides is 2. The van der Waals surface area contributed by atoms with Crippen molar-refractivity contribution < 1.29 is 19.5 Å². The lowest BCUT2D eigenvalue weighted by atomic mass is 9.82. The van der Waals surface area contributed by atoms with Crippen LogP contribution in [0.2, 0.25) is 0 Å². The van der Waals surface area contributed by atoms with Crippen LogP contribution in [0.15, 0.2) is 60.7 Å². The summed E-state index contributed by atoms with van der Waals surface area (Å²) in [7, 11) is 0. The molecule has 6 nitrogen and oxygen atoms in total. The number of aliphatic hydroxyl groups is 1. The Morgan fingerprint density at radius 1 is 0.838 bits per heavy atom. The number of Topliss-reactive ketones (excluding diaryl/α,β-unsaturated/α-hetero) is 1. The molecule has 0 bridgehead atoms. The summed E-state index contributed by atoms with van der Waals surface area (Å²) in [4.78, 5) is 39.3. The zero-order chi connectivity index (χ0) is 26.6. The van der Waals surface area contributed by atoms with E-state index in [1.165, 1.54) is 6.42 Å². The van der Waals surface area contributed by atoms with Crippen LogP contribution in [0, 0.1) is 11.8 Å². The summed E-state index contributed by atoms with van der Waals surface area (Å²) in [6.45, 7) is 4.00. The highest BCUT2D eigenvalue weighted by molar-refractivity contribution is 5.90. The van der Waals surface area contributed by atoms with Crippen molar-refractivity contribution in [2.45, 2.75) is 89.8 Å². The van der Waals surface area contributed by atoms with Crippen molar-refractivity contribution in [1.82, 2.24) is 10.6 Å². The van der Waals surface area contributed by atoms with Gasteiger partial charge in [0.25, 0.3) is 0 Å². The van der Waals surface area contributed by atoms with Crippen molar-refractivity contribution in [3.8, 4) is 0 Å². The van der Waals surface area contributed by atoms with Gasteiger partial charge in [0.15, 0.2) is 5.78 Å². The zero-order valence-electron chi connectivity index (χ0n) is 22.2. The van der Waals surface area contributed by atoms with Gasteiger partial charge in [0.05, 0.1) is 12.5 Å². The average Bonchev–Trinajstić information content (AvgIpc) is 2.89. The maximum absolute atomic E-state index is 13.5. The van der Waals surface area contributed by atoms with Crippen molar-refractivity contribution in [2.24, 2.45) is 11.8 Å². The highest BCUT2D eigenvalue weighted by Gasteiger charge is 2.33. The Hall–Kier alpha value is -2.99. The summed E-state index contributed by atoms with van der Waals surface area (Å²) in [5.41, 5.74) is 1.71. The van der Waals surface area contributed by atoms with Crippen LogP contribution in [0.1, 0.15) is 69.9 Å². The van der Waals surface area contributed by atoms with Crippen LogP contribution in [-0.2, 0) is 27.2 Å². The predicted octanol–water partition coefficient (Wildman–Crippen LogP) is 4.39. The lowest BCUT2D eigenvalue weighted by molar-refractivity contribution is -0.133. The fourth-order valence-electron chi connectivity index (χ4n) is 5.19. The summed E-state index contributed by atoms with van der Waals surface area (Å²) in [6, 6.07) is 17.3. The van der Waals surface area contributed by atoms with E-state index in [1.807, 2.05) is 74.5 Å². The topological polar surface area (TPSA) is 95.5 Å². The Morgan fingerprint density at radius 2 is 1.41 bits per heavy atom. The molecule has 3 rings (SSSR count). The molecular formula is C31H42N2O4. The van der Waals surface area contributed by atoms with Crippen molar-refractivity contribution in [2.75, 3.05) is 0 Å². The van der Waals surface area contributed by atoms with E-state index in [2.05, 4.69) is 10.6 Å². The van der Waals surface area contributed by atoms with Gasteiger partial charge in [-0.2, -0.15) is 0 Å². The van der Waals surface area contributed by atoms with E-state index >= 15 is 0 Å². The van der Waals surface area contributed by atoms with Gasteiger partial charge >= 0.3 is 0 Å². The standard InChI is InChI=1S/C31H42N2O4/c1-22(2)18-27(32-29(35)21-25-16-10-5-11-17-25)31(37)33-26(19-23-12-6-3-7-13-23)30(36)28(34)20-24-14-8-4-9-15-24/h4-5,8-11,14-17,22-23,26-27,30,36H,3,6-7,12-13,18-21H2,1-2H3,(H,32,35)(H,33,37)/t26-,27-,30+/m0/s1.